The molecule has 0 radical (unpaired) electrons. The fourth-order valence-corrected chi connectivity index (χ4v) is 6.46. The molecule has 1 aliphatic heterocycles. The Bertz CT molecular complexity index is 1820. The molecule has 0 saturated heterocycles. The van der Waals surface area contributed by atoms with Gasteiger partial charge in [-0.3, -0.25) is 19.5 Å². The minimum Gasteiger partial charge on any atom is -0.505 e. The molecule has 37 heavy (non-hydrogen) atoms. The van der Waals surface area contributed by atoms with E-state index in [1.54, 1.807) is 16.7 Å². The lowest BCUT2D eigenvalue weighted by atomic mass is 9.83. The molecule has 0 fully saturated rings. The van der Waals surface area contributed by atoms with Gasteiger partial charge in [0, 0.05) is 17.7 Å². The molecule has 2 aliphatic rings. The number of aromatic nitrogens is 1. The number of non-ortho nitro benzene ring substituents is 1. The van der Waals surface area contributed by atoms with E-state index >= 15 is 0 Å². The number of phenolic OH excluding ortho intramolecular Hbond substituents is 1. The summed E-state index contributed by atoms with van der Waals surface area (Å²) in [4.78, 5) is 30.3. The maximum atomic E-state index is 13.8. The first-order valence-corrected chi connectivity index (χ1v) is 12.9. The van der Waals surface area contributed by atoms with Crippen LogP contribution in [0.2, 0.25) is 10.0 Å². The number of benzene rings is 3. The molecule has 184 valence electrons. The van der Waals surface area contributed by atoms with Crippen molar-refractivity contribution in [2.75, 3.05) is 0 Å². The van der Waals surface area contributed by atoms with E-state index in [1.807, 2.05) is 24.3 Å². The Hall–Kier alpha value is -3.72. The lowest BCUT2D eigenvalue weighted by Gasteiger charge is -2.30. The first-order valence-electron chi connectivity index (χ1n) is 11.4. The van der Waals surface area contributed by atoms with Crippen LogP contribution in [0, 0.1) is 10.1 Å². The van der Waals surface area contributed by atoms with Crippen LogP contribution in [-0.2, 0) is 6.42 Å². The molecule has 1 aromatic heterocycles. The lowest BCUT2D eigenvalue weighted by Crippen LogP contribution is -2.38. The van der Waals surface area contributed by atoms with Gasteiger partial charge in [-0.05, 0) is 53.3 Å². The van der Waals surface area contributed by atoms with Gasteiger partial charge in [0.1, 0.15) is 0 Å². The number of allylic oxidation sites excluding steroid dienone is 1. The maximum absolute atomic E-state index is 13.8. The smallest absolute Gasteiger partial charge is 0.271 e. The van der Waals surface area contributed by atoms with Gasteiger partial charge in [0.2, 0.25) is 0 Å². The highest BCUT2D eigenvalue weighted by atomic mass is 35.5. The second-order valence-corrected chi connectivity index (χ2v) is 10.6. The molecule has 1 aliphatic carbocycles. The summed E-state index contributed by atoms with van der Waals surface area (Å²) in [5.74, 6) is -0.223. The highest BCUT2D eigenvalue weighted by Gasteiger charge is 2.33. The van der Waals surface area contributed by atoms with Crippen LogP contribution < -0.4 is 14.9 Å². The number of phenols is 1. The molecule has 1 unspecified atom stereocenters. The molecule has 0 spiro atoms. The number of rotatable bonds is 3. The van der Waals surface area contributed by atoms with E-state index in [9.17, 15) is 20.0 Å². The molecule has 1 atom stereocenters. The summed E-state index contributed by atoms with van der Waals surface area (Å²) < 4.78 is 2.02. The first-order chi connectivity index (χ1) is 17.8. The number of nitro groups is 1. The highest BCUT2D eigenvalue weighted by molar-refractivity contribution is 7.07. The molecule has 2 heterocycles. The van der Waals surface area contributed by atoms with Crippen molar-refractivity contribution >= 4 is 52.0 Å². The summed E-state index contributed by atoms with van der Waals surface area (Å²) in [5, 5.41) is 21.6. The Morgan fingerprint density at radius 2 is 1.84 bits per heavy atom. The third kappa shape index (κ3) is 3.98. The molecule has 0 saturated carbocycles. The van der Waals surface area contributed by atoms with E-state index in [0.717, 1.165) is 23.3 Å². The van der Waals surface area contributed by atoms with E-state index in [-0.39, 0.29) is 27.0 Å². The van der Waals surface area contributed by atoms with Gasteiger partial charge in [-0.25, -0.2) is 4.99 Å². The van der Waals surface area contributed by atoms with Crippen molar-refractivity contribution in [2.45, 2.75) is 18.9 Å². The van der Waals surface area contributed by atoms with Gasteiger partial charge in [0.25, 0.3) is 11.2 Å². The van der Waals surface area contributed by atoms with Crippen molar-refractivity contribution in [2.24, 2.45) is 4.99 Å². The highest BCUT2D eigenvalue weighted by Crippen LogP contribution is 2.41. The van der Waals surface area contributed by atoms with Crippen molar-refractivity contribution in [3.8, 4) is 5.75 Å². The Morgan fingerprint density at radius 1 is 1.08 bits per heavy atom. The molecule has 6 rings (SSSR count). The van der Waals surface area contributed by atoms with Gasteiger partial charge in [-0.1, -0.05) is 70.9 Å². The summed E-state index contributed by atoms with van der Waals surface area (Å²) in [5.41, 5.74) is 4.84. The molecular formula is C27H17Cl2N3O4S. The number of hydrogen-bond acceptors (Lipinski definition) is 6. The van der Waals surface area contributed by atoms with Crippen molar-refractivity contribution in [1.29, 1.82) is 0 Å². The van der Waals surface area contributed by atoms with Crippen LogP contribution in [0.4, 0.5) is 5.69 Å². The van der Waals surface area contributed by atoms with E-state index in [0.29, 0.717) is 26.9 Å². The zero-order valence-electron chi connectivity index (χ0n) is 19.0. The quantitative estimate of drug-likeness (QED) is 0.279. The van der Waals surface area contributed by atoms with Crippen molar-refractivity contribution in [1.82, 2.24) is 4.57 Å². The summed E-state index contributed by atoms with van der Waals surface area (Å²) in [7, 11) is 0. The number of nitrogens with zero attached hydrogens (tertiary/aromatic N) is 3. The predicted octanol–water partition coefficient (Wildman–Crippen LogP) is 5.24. The standard InChI is InChI=1S/C27H17Cl2N3O4S/c28-20-10-14(11-21(29)25(20)33)12-22-26(34)31-24(16-5-3-6-17(13-16)32(35)36)19-9-8-15-4-1-2-7-18(15)23(19)30-27(31)37-22/h1-7,10-13,24,33H,8-9H2/b22-12+. The monoisotopic (exact) mass is 549 g/mol. The number of hydrogen-bond donors (Lipinski definition) is 1. The maximum Gasteiger partial charge on any atom is 0.271 e. The summed E-state index contributed by atoms with van der Waals surface area (Å²) in [6, 6.07) is 17.0. The Labute approximate surface area is 224 Å². The summed E-state index contributed by atoms with van der Waals surface area (Å²) in [6.07, 6.45) is 3.11. The first kappa shape index (κ1) is 23.7. The Balaban J connectivity index is 1.63. The Morgan fingerprint density at radius 3 is 2.59 bits per heavy atom. The average Bonchev–Trinajstić information content (AvgIpc) is 3.20. The average molecular weight is 550 g/mol. The lowest BCUT2D eigenvalue weighted by molar-refractivity contribution is -0.384. The van der Waals surface area contributed by atoms with Gasteiger partial charge in [0.15, 0.2) is 10.6 Å². The van der Waals surface area contributed by atoms with Crippen molar-refractivity contribution < 1.29 is 10.0 Å². The predicted molar refractivity (Wildman–Crippen MR) is 144 cm³/mol. The number of nitro benzene ring substituents is 1. The van der Waals surface area contributed by atoms with E-state index in [2.05, 4.69) is 6.07 Å². The molecular weight excluding hydrogens is 533 g/mol. The van der Waals surface area contributed by atoms with Gasteiger partial charge in [-0.15, -0.1) is 0 Å². The summed E-state index contributed by atoms with van der Waals surface area (Å²) in [6.45, 7) is 0. The third-order valence-corrected chi connectivity index (χ3v) is 8.17. The van der Waals surface area contributed by atoms with Crippen molar-refractivity contribution in [3.63, 3.8) is 0 Å². The van der Waals surface area contributed by atoms with Crippen LogP contribution in [0.5, 0.6) is 5.75 Å². The number of aromatic hydroxyl groups is 1. The van der Waals surface area contributed by atoms with Crippen molar-refractivity contribution in [3.05, 3.63) is 128 Å². The van der Waals surface area contributed by atoms with Gasteiger partial charge >= 0.3 is 0 Å². The summed E-state index contributed by atoms with van der Waals surface area (Å²) >= 11 is 13.4. The SMILES string of the molecule is O=c1/c(=C\c2cc(Cl)c(O)c(Cl)c2)sc2n1C(c1cccc([N+](=O)[O-])c1)C1=C(N=2)c2ccccc2CC1. The van der Waals surface area contributed by atoms with Crippen LogP contribution in [0.3, 0.4) is 0 Å². The second kappa shape index (κ2) is 8.99. The largest absolute Gasteiger partial charge is 0.505 e. The molecule has 3 aromatic carbocycles. The number of fused-ring (bicyclic) bond motifs is 3. The Kier molecular flexibility index (Phi) is 5.75. The second-order valence-electron chi connectivity index (χ2n) is 8.80. The van der Waals surface area contributed by atoms with Gasteiger partial charge < -0.3 is 5.11 Å². The fourth-order valence-electron chi connectivity index (χ4n) is 4.95. The normalized spacial score (nSPS) is 16.6. The van der Waals surface area contributed by atoms with E-state index in [1.165, 1.54) is 41.2 Å². The number of aryl methyl sites for hydroxylation is 1. The fraction of sp³-hybridized carbons (Fsp3) is 0.111. The topological polar surface area (TPSA) is 97.7 Å². The van der Waals surface area contributed by atoms with E-state index < -0.39 is 11.0 Å². The van der Waals surface area contributed by atoms with Crippen LogP contribution >= 0.6 is 34.5 Å². The number of halogens is 2. The van der Waals surface area contributed by atoms with Crippen LogP contribution in [0.15, 0.2) is 76.0 Å². The molecule has 0 bridgehead atoms. The molecule has 1 N–H and O–H groups in total. The zero-order valence-corrected chi connectivity index (χ0v) is 21.3. The zero-order chi connectivity index (χ0) is 25.8. The minimum absolute atomic E-state index is 0.0386. The number of thiazole rings is 1. The van der Waals surface area contributed by atoms with Crippen LogP contribution in [-0.4, -0.2) is 14.6 Å². The molecule has 4 aromatic rings. The minimum atomic E-state index is -0.534. The molecule has 10 heteroatoms. The van der Waals surface area contributed by atoms with Crippen LogP contribution in [0.1, 0.15) is 34.7 Å². The third-order valence-electron chi connectivity index (χ3n) is 6.61. The van der Waals surface area contributed by atoms with Gasteiger partial charge in [0.05, 0.1) is 31.2 Å². The van der Waals surface area contributed by atoms with Crippen LogP contribution in [0.25, 0.3) is 11.8 Å². The van der Waals surface area contributed by atoms with E-state index in [4.69, 9.17) is 28.2 Å². The molecule has 0 amide bonds. The van der Waals surface area contributed by atoms with Gasteiger partial charge in [-0.2, -0.15) is 0 Å². The molecule has 7 nitrogen and oxygen atoms in total.